The van der Waals surface area contributed by atoms with E-state index in [0.29, 0.717) is 16.3 Å². The summed E-state index contributed by atoms with van der Waals surface area (Å²) in [4.78, 5) is 3.98. The van der Waals surface area contributed by atoms with Crippen LogP contribution in [0.25, 0.3) is 0 Å². The van der Waals surface area contributed by atoms with Crippen molar-refractivity contribution in [1.82, 2.24) is 4.98 Å². The highest BCUT2D eigenvalue weighted by atomic mass is 32.2. The van der Waals surface area contributed by atoms with Gasteiger partial charge in [-0.25, -0.2) is 4.98 Å². The van der Waals surface area contributed by atoms with Gasteiger partial charge in [-0.15, -0.1) is 0 Å². The van der Waals surface area contributed by atoms with Gasteiger partial charge in [0.15, 0.2) is 0 Å². The Bertz CT molecular complexity index is 348. The predicted octanol–water partition coefficient (Wildman–Crippen LogP) is 1.57. The van der Waals surface area contributed by atoms with Crippen LogP contribution in [0.5, 0.6) is 0 Å². The van der Waals surface area contributed by atoms with Crippen LogP contribution in [-0.4, -0.2) is 10.7 Å². The second kappa shape index (κ2) is 4.38. The summed E-state index contributed by atoms with van der Waals surface area (Å²) in [5, 5.41) is 17.6. The van der Waals surface area contributed by atoms with E-state index in [1.165, 1.54) is 11.8 Å². The maximum atomic E-state index is 8.63. The minimum Gasteiger partial charge on any atom is -0.249 e. The van der Waals surface area contributed by atoms with E-state index in [4.69, 9.17) is 10.5 Å². The van der Waals surface area contributed by atoms with Gasteiger partial charge >= 0.3 is 0 Å². The first-order chi connectivity index (χ1) is 5.88. The SMILES string of the molecule is N#CCSc1ncccc1C#N. The van der Waals surface area contributed by atoms with Crippen LogP contribution in [0.2, 0.25) is 0 Å². The molecule has 0 amide bonds. The molecule has 0 spiro atoms. The average molecular weight is 175 g/mol. The summed E-state index contributed by atoms with van der Waals surface area (Å²) in [7, 11) is 0. The molecule has 1 aromatic heterocycles. The zero-order chi connectivity index (χ0) is 8.81. The van der Waals surface area contributed by atoms with Gasteiger partial charge in [-0.05, 0) is 12.1 Å². The molecule has 3 nitrogen and oxygen atoms in total. The Morgan fingerprint density at radius 1 is 1.50 bits per heavy atom. The minimum atomic E-state index is 0.325. The molecule has 12 heavy (non-hydrogen) atoms. The topological polar surface area (TPSA) is 60.5 Å². The van der Waals surface area contributed by atoms with Crippen LogP contribution in [0.4, 0.5) is 0 Å². The van der Waals surface area contributed by atoms with Gasteiger partial charge in [0.25, 0.3) is 0 Å². The van der Waals surface area contributed by atoms with Gasteiger partial charge in [0.2, 0.25) is 0 Å². The van der Waals surface area contributed by atoms with Gasteiger partial charge in [-0.1, -0.05) is 11.8 Å². The predicted molar refractivity (Wildman–Crippen MR) is 45.3 cm³/mol. The zero-order valence-corrected chi connectivity index (χ0v) is 7.01. The van der Waals surface area contributed by atoms with E-state index >= 15 is 0 Å². The summed E-state index contributed by atoms with van der Waals surface area (Å²) >= 11 is 1.28. The molecule has 0 fully saturated rings. The zero-order valence-electron chi connectivity index (χ0n) is 6.19. The number of rotatable bonds is 2. The van der Waals surface area contributed by atoms with E-state index in [1.54, 1.807) is 18.3 Å². The van der Waals surface area contributed by atoms with E-state index in [2.05, 4.69) is 4.98 Å². The molecule has 4 heteroatoms. The lowest BCUT2D eigenvalue weighted by atomic mass is 10.3. The Kier molecular flexibility index (Phi) is 3.13. The highest BCUT2D eigenvalue weighted by Crippen LogP contribution is 2.17. The van der Waals surface area contributed by atoms with Crippen LogP contribution in [0.3, 0.4) is 0 Å². The van der Waals surface area contributed by atoms with Crippen molar-refractivity contribution < 1.29 is 0 Å². The molecule has 1 heterocycles. The van der Waals surface area contributed by atoms with Crippen molar-refractivity contribution in [3.05, 3.63) is 23.9 Å². The summed E-state index contributed by atoms with van der Waals surface area (Å²) < 4.78 is 0. The third-order valence-corrected chi connectivity index (χ3v) is 2.04. The molecule has 0 unspecified atom stereocenters. The Morgan fingerprint density at radius 2 is 2.33 bits per heavy atom. The first kappa shape index (κ1) is 8.58. The molecule has 0 atom stereocenters. The highest BCUT2D eigenvalue weighted by molar-refractivity contribution is 7.99. The normalized spacial score (nSPS) is 8.50. The third kappa shape index (κ3) is 1.98. The Balaban J connectivity index is 2.86. The summed E-state index contributed by atoms with van der Waals surface area (Å²) in [5.41, 5.74) is 0.526. The van der Waals surface area contributed by atoms with Gasteiger partial charge in [0.05, 0.1) is 17.4 Å². The van der Waals surface area contributed by atoms with E-state index < -0.39 is 0 Å². The highest BCUT2D eigenvalue weighted by Gasteiger charge is 2.01. The van der Waals surface area contributed by atoms with E-state index in [1.807, 2.05) is 12.1 Å². The molecular weight excluding hydrogens is 170 g/mol. The summed E-state index contributed by atoms with van der Waals surface area (Å²) in [5.74, 6) is 0.325. The number of thioether (sulfide) groups is 1. The molecule has 0 saturated carbocycles. The lowest BCUT2D eigenvalue weighted by Gasteiger charge is -1.96. The van der Waals surface area contributed by atoms with Gasteiger partial charge in [0, 0.05) is 6.20 Å². The number of hydrogen-bond acceptors (Lipinski definition) is 4. The fraction of sp³-hybridized carbons (Fsp3) is 0.125. The lowest BCUT2D eigenvalue weighted by Crippen LogP contribution is -1.85. The number of nitrogens with zero attached hydrogens (tertiary/aromatic N) is 3. The van der Waals surface area contributed by atoms with Crippen LogP contribution < -0.4 is 0 Å². The van der Waals surface area contributed by atoms with Crippen LogP contribution in [0.15, 0.2) is 23.4 Å². The number of nitriles is 2. The smallest absolute Gasteiger partial charge is 0.115 e. The Labute approximate surface area is 74.7 Å². The monoisotopic (exact) mass is 175 g/mol. The number of pyridine rings is 1. The van der Waals surface area contributed by atoms with Gasteiger partial charge in [-0.3, -0.25) is 0 Å². The fourth-order valence-corrected chi connectivity index (χ4v) is 1.30. The van der Waals surface area contributed by atoms with Crippen molar-refractivity contribution in [1.29, 1.82) is 10.5 Å². The molecule has 0 aliphatic carbocycles. The standard InChI is InChI=1S/C8H5N3S/c9-3-5-12-8-7(6-10)2-1-4-11-8/h1-2,4H,5H2. The number of aromatic nitrogens is 1. The molecule has 0 aliphatic heterocycles. The molecular formula is C8H5N3S. The van der Waals surface area contributed by atoms with Crippen molar-refractivity contribution in [2.24, 2.45) is 0 Å². The van der Waals surface area contributed by atoms with Crippen molar-refractivity contribution in [3.63, 3.8) is 0 Å². The molecule has 0 N–H and O–H groups in total. The molecule has 0 aliphatic rings. The Morgan fingerprint density at radius 3 is 3.00 bits per heavy atom. The second-order valence-electron chi connectivity index (χ2n) is 1.91. The maximum Gasteiger partial charge on any atom is 0.115 e. The van der Waals surface area contributed by atoms with E-state index in [9.17, 15) is 0 Å². The quantitative estimate of drug-likeness (QED) is 0.640. The van der Waals surface area contributed by atoms with E-state index in [-0.39, 0.29) is 0 Å². The van der Waals surface area contributed by atoms with Crippen molar-refractivity contribution in [2.45, 2.75) is 5.03 Å². The molecule has 1 aromatic rings. The first-order valence-electron chi connectivity index (χ1n) is 3.23. The third-order valence-electron chi connectivity index (χ3n) is 1.17. The van der Waals surface area contributed by atoms with Crippen LogP contribution in [-0.2, 0) is 0 Å². The molecule has 0 aromatic carbocycles. The van der Waals surface area contributed by atoms with Gasteiger partial charge < -0.3 is 0 Å². The summed E-state index contributed by atoms with van der Waals surface area (Å²) in [6.45, 7) is 0. The largest absolute Gasteiger partial charge is 0.249 e. The van der Waals surface area contributed by atoms with Crippen LogP contribution in [0, 0.1) is 22.7 Å². The Hall–Kier alpha value is -1.52. The van der Waals surface area contributed by atoms with Crippen molar-refractivity contribution >= 4 is 11.8 Å². The molecule has 0 radical (unpaired) electrons. The number of hydrogen-bond donors (Lipinski definition) is 0. The first-order valence-corrected chi connectivity index (χ1v) is 4.22. The molecule has 0 saturated heterocycles. The van der Waals surface area contributed by atoms with Crippen LogP contribution in [0.1, 0.15) is 5.56 Å². The molecule has 0 bridgehead atoms. The maximum absolute atomic E-state index is 8.63. The van der Waals surface area contributed by atoms with E-state index in [0.717, 1.165) is 0 Å². The van der Waals surface area contributed by atoms with Gasteiger partial charge in [0.1, 0.15) is 11.1 Å². The fourth-order valence-electron chi connectivity index (χ4n) is 0.692. The van der Waals surface area contributed by atoms with Crippen molar-refractivity contribution in [3.8, 4) is 12.1 Å². The summed E-state index contributed by atoms with van der Waals surface area (Å²) in [6.07, 6.45) is 1.61. The van der Waals surface area contributed by atoms with Gasteiger partial charge in [-0.2, -0.15) is 10.5 Å². The molecule has 1 rings (SSSR count). The average Bonchev–Trinajstić information content (AvgIpc) is 2.15. The summed E-state index contributed by atoms with van der Waals surface area (Å²) in [6, 6.07) is 7.38. The lowest BCUT2D eigenvalue weighted by molar-refractivity contribution is 1.11. The van der Waals surface area contributed by atoms with Crippen LogP contribution >= 0.6 is 11.8 Å². The van der Waals surface area contributed by atoms with Crippen molar-refractivity contribution in [2.75, 3.05) is 5.75 Å². The second-order valence-corrected chi connectivity index (χ2v) is 2.88. The minimum absolute atomic E-state index is 0.325. The molecule has 58 valence electrons.